The van der Waals surface area contributed by atoms with Gasteiger partial charge in [0.05, 0.1) is 22.3 Å². The minimum absolute atomic E-state index is 0.0927. The molecular formula is C34H21F6N3. The Morgan fingerprint density at radius 3 is 1.49 bits per heavy atom. The molecule has 43 heavy (non-hydrogen) atoms. The van der Waals surface area contributed by atoms with Crippen LogP contribution in [0.5, 0.6) is 0 Å². The average Bonchev–Trinajstić information content (AvgIpc) is 3.01. The van der Waals surface area contributed by atoms with Crippen LogP contribution in [0.15, 0.2) is 127 Å². The predicted molar refractivity (Wildman–Crippen MR) is 155 cm³/mol. The van der Waals surface area contributed by atoms with Crippen LogP contribution in [-0.2, 0) is 12.4 Å². The first-order valence-corrected chi connectivity index (χ1v) is 13.2. The summed E-state index contributed by atoms with van der Waals surface area (Å²) in [6.07, 6.45) is -9.98. The van der Waals surface area contributed by atoms with Crippen molar-refractivity contribution in [2.24, 2.45) is 0 Å². The molecule has 1 aromatic heterocycles. The zero-order valence-corrected chi connectivity index (χ0v) is 22.2. The molecule has 0 aliphatic rings. The van der Waals surface area contributed by atoms with Crippen LogP contribution >= 0.6 is 0 Å². The normalized spacial score (nSPS) is 12.0. The highest BCUT2D eigenvalue weighted by molar-refractivity contribution is 5.94. The monoisotopic (exact) mass is 585 g/mol. The summed E-state index contributed by atoms with van der Waals surface area (Å²) >= 11 is 0. The number of fused-ring (bicyclic) bond motifs is 1. The van der Waals surface area contributed by atoms with E-state index in [4.69, 9.17) is 0 Å². The maximum atomic E-state index is 13.6. The number of hydrogen-bond acceptors (Lipinski definition) is 3. The van der Waals surface area contributed by atoms with Crippen LogP contribution in [0.1, 0.15) is 11.1 Å². The molecule has 214 valence electrons. The highest BCUT2D eigenvalue weighted by Crippen LogP contribution is 2.40. The number of para-hydroxylation sites is 3. The first-order valence-electron chi connectivity index (χ1n) is 13.2. The Morgan fingerprint density at radius 2 is 0.953 bits per heavy atom. The summed E-state index contributed by atoms with van der Waals surface area (Å²) < 4.78 is 81.5. The summed E-state index contributed by atoms with van der Waals surface area (Å²) in [5, 5.41) is 0.602. The molecule has 0 radical (unpaired) electrons. The van der Waals surface area contributed by atoms with Gasteiger partial charge in [0.15, 0.2) is 5.82 Å². The van der Waals surface area contributed by atoms with Crippen molar-refractivity contribution >= 4 is 28.0 Å². The second-order valence-corrected chi connectivity index (χ2v) is 9.76. The van der Waals surface area contributed by atoms with Gasteiger partial charge in [0.2, 0.25) is 0 Å². The lowest BCUT2D eigenvalue weighted by atomic mass is 10.0. The molecule has 0 unspecified atom stereocenters. The van der Waals surface area contributed by atoms with Gasteiger partial charge in [-0.1, -0.05) is 66.7 Å². The van der Waals surface area contributed by atoms with Crippen molar-refractivity contribution in [3.8, 4) is 22.6 Å². The van der Waals surface area contributed by atoms with E-state index < -0.39 is 23.5 Å². The van der Waals surface area contributed by atoms with Gasteiger partial charge in [0.1, 0.15) is 0 Å². The molecule has 0 fully saturated rings. The van der Waals surface area contributed by atoms with Crippen molar-refractivity contribution in [3.63, 3.8) is 0 Å². The lowest BCUT2D eigenvalue weighted by Gasteiger charge is -2.25. The van der Waals surface area contributed by atoms with Crippen molar-refractivity contribution < 1.29 is 26.3 Å². The van der Waals surface area contributed by atoms with E-state index in [1.807, 2.05) is 84.9 Å². The van der Waals surface area contributed by atoms with Crippen molar-refractivity contribution in [2.75, 3.05) is 4.90 Å². The van der Waals surface area contributed by atoms with Crippen LogP contribution in [0.2, 0.25) is 0 Å². The highest BCUT2D eigenvalue weighted by Gasteiger charge is 2.37. The van der Waals surface area contributed by atoms with E-state index in [2.05, 4.69) is 14.9 Å². The third-order valence-corrected chi connectivity index (χ3v) is 6.88. The van der Waals surface area contributed by atoms with Gasteiger partial charge in [0.25, 0.3) is 0 Å². The lowest BCUT2D eigenvalue weighted by molar-refractivity contribution is -0.143. The number of hydrogen-bond donors (Lipinski definition) is 0. The Kier molecular flexibility index (Phi) is 7.09. The standard InChI is InChI=1S/C34H21F6N3/c35-33(36,37)24-19-23(20-25(21-24)34(38,39)40)32-41-30-14-8-7-13-29(30)31(42-32)22-15-17-28(18-16-22)43(26-9-3-1-4-10-26)27-11-5-2-6-12-27/h1-21H. The van der Waals surface area contributed by atoms with Crippen LogP contribution in [0.4, 0.5) is 43.4 Å². The fraction of sp³-hybridized carbons (Fsp3) is 0.0588. The first kappa shape index (κ1) is 28.0. The number of alkyl halides is 6. The quantitative estimate of drug-likeness (QED) is 0.189. The molecule has 5 aromatic carbocycles. The summed E-state index contributed by atoms with van der Waals surface area (Å²) in [5.41, 5.74) is 0.841. The molecule has 0 saturated heterocycles. The van der Waals surface area contributed by atoms with Crippen LogP contribution < -0.4 is 4.90 Å². The molecule has 1 heterocycles. The van der Waals surface area contributed by atoms with Crippen LogP contribution in [0, 0.1) is 0 Å². The Labute approximate surface area is 242 Å². The SMILES string of the molecule is FC(F)(F)c1cc(-c2nc(-c3ccc(N(c4ccccc4)c4ccccc4)cc3)c3ccccc3n2)cc(C(F)(F)F)c1. The minimum atomic E-state index is -4.99. The molecule has 6 aromatic rings. The third kappa shape index (κ3) is 5.79. The zero-order chi connectivity index (χ0) is 30.2. The zero-order valence-electron chi connectivity index (χ0n) is 22.2. The van der Waals surface area contributed by atoms with Crippen molar-refractivity contribution in [3.05, 3.63) is 139 Å². The fourth-order valence-corrected chi connectivity index (χ4v) is 4.88. The second-order valence-electron chi connectivity index (χ2n) is 9.76. The Bertz CT molecular complexity index is 1810. The smallest absolute Gasteiger partial charge is 0.311 e. The van der Waals surface area contributed by atoms with Crippen LogP contribution in [0.25, 0.3) is 33.5 Å². The summed E-state index contributed by atoms with van der Waals surface area (Å²) in [5.74, 6) is -0.246. The molecular weight excluding hydrogens is 564 g/mol. The highest BCUT2D eigenvalue weighted by atomic mass is 19.4. The topological polar surface area (TPSA) is 29.0 Å². The van der Waals surface area contributed by atoms with Gasteiger partial charge in [-0.15, -0.1) is 0 Å². The molecule has 0 spiro atoms. The number of rotatable bonds is 5. The number of benzene rings is 5. The van der Waals surface area contributed by atoms with Gasteiger partial charge in [-0.2, -0.15) is 26.3 Å². The van der Waals surface area contributed by atoms with Gasteiger partial charge in [-0.3, -0.25) is 0 Å². The van der Waals surface area contributed by atoms with E-state index in [1.165, 1.54) is 0 Å². The maximum Gasteiger partial charge on any atom is 0.416 e. The largest absolute Gasteiger partial charge is 0.416 e. The molecule has 0 atom stereocenters. The van der Waals surface area contributed by atoms with Crippen molar-refractivity contribution in [2.45, 2.75) is 12.4 Å². The molecule has 0 aliphatic carbocycles. The summed E-state index contributed by atoms with van der Waals surface area (Å²) in [6, 6.07) is 35.2. The van der Waals surface area contributed by atoms with E-state index in [9.17, 15) is 26.3 Å². The predicted octanol–water partition coefficient (Wildman–Crippen LogP) is 10.5. The molecule has 0 N–H and O–H groups in total. The number of nitrogens with zero attached hydrogens (tertiary/aromatic N) is 3. The number of halogens is 6. The maximum absolute atomic E-state index is 13.6. The van der Waals surface area contributed by atoms with E-state index in [-0.39, 0.29) is 17.5 Å². The summed E-state index contributed by atoms with van der Waals surface area (Å²) in [6.45, 7) is 0. The van der Waals surface area contributed by atoms with Gasteiger partial charge in [0, 0.05) is 33.6 Å². The number of anilines is 3. The summed E-state index contributed by atoms with van der Waals surface area (Å²) in [4.78, 5) is 10.9. The third-order valence-electron chi connectivity index (χ3n) is 6.88. The molecule has 0 amide bonds. The molecule has 0 saturated carbocycles. The van der Waals surface area contributed by atoms with Gasteiger partial charge >= 0.3 is 12.4 Å². The van der Waals surface area contributed by atoms with E-state index in [0.717, 1.165) is 17.1 Å². The second kappa shape index (κ2) is 10.9. The van der Waals surface area contributed by atoms with Crippen molar-refractivity contribution in [1.82, 2.24) is 9.97 Å². The van der Waals surface area contributed by atoms with E-state index in [1.54, 1.807) is 24.3 Å². The molecule has 3 nitrogen and oxygen atoms in total. The molecule has 0 aliphatic heterocycles. The first-order chi connectivity index (χ1) is 20.6. The van der Waals surface area contributed by atoms with Crippen LogP contribution in [0.3, 0.4) is 0 Å². The Morgan fingerprint density at radius 1 is 0.465 bits per heavy atom. The van der Waals surface area contributed by atoms with Gasteiger partial charge < -0.3 is 4.90 Å². The minimum Gasteiger partial charge on any atom is -0.311 e. The molecule has 9 heteroatoms. The molecule has 0 bridgehead atoms. The fourth-order valence-electron chi connectivity index (χ4n) is 4.88. The Hall–Kier alpha value is -5.18. The average molecular weight is 586 g/mol. The summed E-state index contributed by atoms with van der Waals surface area (Å²) in [7, 11) is 0. The van der Waals surface area contributed by atoms with Gasteiger partial charge in [-0.05, 0) is 60.7 Å². The van der Waals surface area contributed by atoms with E-state index >= 15 is 0 Å². The lowest BCUT2D eigenvalue weighted by Crippen LogP contribution is -2.11. The Balaban J connectivity index is 1.49. The van der Waals surface area contributed by atoms with Crippen LogP contribution in [-0.4, -0.2) is 9.97 Å². The van der Waals surface area contributed by atoms with Gasteiger partial charge in [-0.25, -0.2) is 9.97 Å². The molecule has 6 rings (SSSR count). The van der Waals surface area contributed by atoms with E-state index in [0.29, 0.717) is 34.3 Å². The number of aromatic nitrogens is 2. The van der Waals surface area contributed by atoms with Crippen molar-refractivity contribution in [1.29, 1.82) is 0 Å².